The molecule has 5 rings (SSSR count). The van der Waals surface area contributed by atoms with Gasteiger partial charge in [-0.2, -0.15) is 0 Å². The van der Waals surface area contributed by atoms with Crippen molar-refractivity contribution in [2.75, 3.05) is 5.32 Å². The standard InChI is InChI=1S/C21H17BrN2O/c22-14-4-3-5-15(8-14)24-20(25)13-9-21(10-13)18-7-2-1-6-16(18)17-11-23-12-19(17)21/h1-8,11-13,19H,9-10H2,(H,24,25). The topological polar surface area (TPSA) is 41.5 Å². The summed E-state index contributed by atoms with van der Waals surface area (Å²) in [6.07, 6.45) is 5.83. The maximum Gasteiger partial charge on any atom is 0.227 e. The van der Waals surface area contributed by atoms with Crippen LogP contribution in [0.1, 0.15) is 24.0 Å². The molecular formula is C21H17BrN2O. The summed E-state index contributed by atoms with van der Waals surface area (Å²) in [6, 6.07) is 16.3. The van der Waals surface area contributed by atoms with Crippen LogP contribution in [0.2, 0.25) is 0 Å². The van der Waals surface area contributed by atoms with Gasteiger partial charge in [0.05, 0.1) is 0 Å². The van der Waals surface area contributed by atoms with Crippen molar-refractivity contribution in [3.8, 4) is 0 Å². The van der Waals surface area contributed by atoms with Crippen LogP contribution < -0.4 is 5.32 Å². The molecule has 3 nitrogen and oxygen atoms in total. The van der Waals surface area contributed by atoms with Gasteiger partial charge in [-0.05, 0) is 47.7 Å². The second kappa shape index (κ2) is 5.40. The molecule has 4 heteroatoms. The number of anilines is 1. The second-order valence-electron chi connectivity index (χ2n) is 7.17. The molecule has 25 heavy (non-hydrogen) atoms. The summed E-state index contributed by atoms with van der Waals surface area (Å²) >= 11 is 3.45. The number of halogens is 1. The van der Waals surface area contributed by atoms with E-state index >= 15 is 0 Å². The summed E-state index contributed by atoms with van der Waals surface area (Å²) in [5, 5.41) is 3.06. The van der Waals surface area contributed by atoms with Gasteiger partial charge in [0.1, 0.15) is 0 Å². The van der Waals surface area contributed by atoms with Crippen LogP contribution >= 0.6 is 15.9 Å². The molecule has 0 aromatic heterocycles. The monoisotopic (exact) mass is 392 g/mol. The summed E-state index contributed by atoms with van der Waals surface area (Å²) in [4.78, 5) is 17.1. The Morgan fingerprint density at radius 1 is 1.16 bits per heavy atom. The molecule has 0 radical (unpaired) electrons. The number of hydrogen-bond acceptors (Lipinski definition) is 2. The van der Waals surface area contributed by atoms with Gasteiger partial charge in [0, 0.05) is 39.8 Å². The third kappa shape index (κ3) is 2.17. The van der Waals surface area contributed by atoms with Crippen LogP contribution in [0.15, 0.2) is 64.2 Å². The molecule has 1 spiro atoms. The van der Waals surface area contributed by atoms with Crippen molar-refractivity contribution in [1.82, 2.24) is 0 Å². The van der Waals surface area contributed by atoms with Crippen molar-refractivity contribution in [3.63, 3.8) is 0 Å². The average Bonchev–Trinajstić information content (AvgIpc) is 3.13. The van der Waals surface area contributed by atoms with E-state index < -0.39 is 0 Å². The number of carbonyl (C=O) groups excluding carboxylic acids is 1. The molecule has 0 saturated heterocycles. The maximum atomic E-state index is 12.7. The lowest BCUT2D eigenvalue weighted by Crippen LogP contribution is -2.49. The number of aliphatic imine (C=N–C) groups is 1. The second-order valence-corrected chi connectivity index (χ2v) is 8.08. The SMILES string of the molecule is O=C(Nc1cccc(Br)c1)C1CC2(C1)c1ccccc1C1=CN=CC12. The quantitative estimate of drug-likeness (QED) is 0.783. The first-order valence-electron chi connectivity index (χ1n) is 8.57. The molecule has 1 saturated carbocycles. The van der Waals surface area contributed by atoms with E-state index in [2.05, 4.69) is 56.7 Å². The van der Waals surface area contributed by atoms with E-state index in [1.165, 1.54) is 16.7 Å². The molecule has 1 amide bonds. The van der Waals surface area contributed by atoms with E-state index in [1.807, 2.05) is 30.5 Å². The fraction of sp³-hybridized carbons (Fsp3) is 0.238. The maximum absolute atomic E-state index is 12.7. The van der Waals surface area contributed by atoms with Crippen molar-refractivity contribution in [1.29, 1.82) is 0 Å². The van der Waals surface area contributed by atoms with E-state index in [0.717, 1.165) is 23.0 Å². The van der Waals surface area contributed by atoms with Crippen molar-refractivity contribution < 1.29 is 4.79 Å². The lowest BCUT2D eigenvalue weighted by Gasteiger charge is -2.47. The van der Waals surface area contributed by atoms with Crippen LogP contribution in [0.5, 0.6) is 0 Å². The predicted octanol–water partition coefficient (Wildman–Crippen LogP) is 4.79. The van der Waals surface area contributed by atoms with Gasteiger partial charge in [-0.3, -0.25) is 9.79 Å². The van der Waals surface area contributed by atoms with Gasteiger partial charge < -0.3 is 5.32 Å². The number of carbonyl (C=O) groups is 1. The zero-order chi connectivity index (χ0) is 17.0. The highest BCUT2D eigenvalue weighted by atomic mass is 79.9. The first kappa shape index (κ1) is 15.1. The van der Waals surface area contributed by atoms with E-state index in [0.29, 0.717) is 5.92 Å². The van der Waals surface area contributed by atoms with Gasteiger partial charge in [0.15, 0.2) is 0 Å². The lowest BCUT2D eigenvalue weighted by atomic mass is 9.55. The fourth-order valence-corrected chi connectivity index (χ4v) is 5.07. The van der Waals surface area contributed by atoms with Crippen LogP contribution in [-0.4, -0.2) is 12.1 Å². The minimum absolute atomic E-state index is 0.0559. The largest absolute Gasteiger partial charge is 0.326 e. The molecule has 1 atom stereocenters. The van der Waals surface area contributed by atoms with Crippen molar-refractivity contribution in [2.24, 2.45) is 16.8 Å². The predicted molar refractivity (Wildman–Crippen MR) is 104 cm³/mol. The average molecular weight is 393 g/mol. The Morgan fingerprint density at radius 3 is 2.84 bits per heavy atom. The Balaban J connectivity index is 1.38. The van der Waals surface area contributed by atoms with E-state index in [9.17, 15) is 4.79 Å². The van der Waals surface area contributed by atoms with Crippen LogP contribution in [0.3, 0.4) is 0 Å². The number of nitrogens with zero attached hydrogens (tertiary/aromatic N) is 1. The first-order valence-corrected chi connectivity index (χ1v) is 9.36. The Kier molecular flexibility index (Phi) is 3.26. The molecule has 1 unspecified atom stereocenters. The summed E-state index contributed by atoms with van der Waals surface area (Å²) in [5.41, 5.74) is 4.93. The Bertz CT molecular complexity index is 940. The highest BCUT2D eigenvalue weighted by Crippen LogP contribution is 2.62. The number of amides is 1. The van der Waals surface area contributed by atoms with Crippen LogP contribution in [0, 0.1) is 11.8 Å². The molecule has 1 aliphatic heterocycles. The number of nitrogens with one attached hydrogen (secondary N) is 1. The molecule has 1 fully saturated rings. The highest BCUT2D eigenvalue weighted by Gasteiger charge is 2.58. The first-order chi connectivity index (χ1) is 12.2. The van der Waals surface area contributed by atoms with E-state index in [1.54, 1.807) is 0 Å². The minimum atomic E-state index is 0.0559. The van der Waals surface area contributed by atoms with Gasteiger partial charge in [0.2, 0.25) is 5.91 Å². The number of hydrogen-bond donors (Lipinski definition) is 1. The van der Waals surface area contributed by atoms with Gasteiger partial charge in [0.25, 0.3) is 0 Å². The normalized spacial score (nSPS) is 28.3. The van der Waals surface area contributed by atoms with Crippen LogP contribution in [-0.2, 0) is 10.2 Å². The van der Waals surface area contributed by atoms with Crippen LogP contribution in [0.4, 0.5) is 5.69 Å². The summed E-state index contributed by atoms with van der Waals surface area (Å²) in [5.74, 6) is 0.508. The summed E-state index contributed by atoms with van der Waals surface area (Å²) in [6.45, 7) is 0. The van der Waals surface area contributed by atoms with Gasteiger partial charge >= 0.3 is 0 Å². The molecule has 3 aliphatic rings. The number of rotatable bonds is 2. The van der Waals surface area contributed by atoms with Crippen LogP contribution in [0.25, 0.3) is 5.57 Å². The third-order valence-electron chi connectivity index (χ3n) is 5.84. The molecule has 1 heterocycles. The molecule has 124 valence electrons. The third-order valence-corrected chi connectivity index (χ3v) is 6.33. The molecule has 1 N–H and O–H groups in total. The zero-order valence-corrected chi connectivity index (χ0v) is 15.2. The molecule has 0 bridgehead atoms. The molecule has 2 aliphatic carbocycles. The van der Waals surface area contributed by atoms with Gasteiger partial charge in [-0.25, -0.2) is 0 Å². The molecule has 2 aromatic rings. The van der Waals surface area contributed by atoms with Gasteiger partial charge in [-0.15, -0.1) is 0 Å². The fourth-order valence-electron chi connectivity index (χ4n) is 4.67. The Labute approximate surface area is 155 Å². The number of benzene rings is 2. The molecule has 2 aromatic carbocycles. The van der Waals surface area contributed by atoms with Gasteiger partial charge in [-0.1, -0.05) is 46.3 Å². The van der Waals surface area contributed by atoms with E-state index in [4.69, 9.17) is 0 Å². The summed E-state index contributed by atoms with van der Waals surface area (Å²) < 4.78 is 0.969. The minimum Gasteiger partial charge on any atom is -0.326 e. The zero-order valence-electron chi connectivity index (χ0n) is 13.6. The number of allylic oxidation sites excluding steroid dienone is 1. The van der Waals surface area contributed by atoms with Crippen molar-refractivity contribution in [3.05, 3.63) is 70.3 Å². The van der Waals surface area contributed by atoms with E-state index in [-0.39, 0.29) is 17.2 Å². The smallest absolute Gasteiger partial charge is 0.227 e. The lowest BCUT2D eigenvalue weighted by molar-refractivity contribution is -0.124. The molecular weight excluding hydrogens is 376 g/mol. The van der Waals surface area contributed by atoms with Crippen molar-refractivity contribution in [2.45, 2.75) is 18.3 Å². The highest BCUT2D eigenvalue weighted by molar-refractivity contribution is 9.10. The van der Waals surface area contributed by atoms with Crippen molar-refractivity contribution >= 4 is 39.3 Å². The number of fused-ring (bicyclic) bond motifs is 5. The summed E-state index contributed by atoms with van der Waals surface area (Å²) in [7, 11) is 0. The Hall–Kier alpha value is -2.20. The Morgan fingerprint density at radius 2 is 2.00 bits per heavy atom.